The molecule has 8 aliphatic rings. The van der Waals surface area contributed by atoms with Gasteiger partial charge < -0.3 is 78.0 Å². The highest BCUT2D eigenvalue weighted by molar-refractivity contribution is 6.33. The minimum Gasteiger partial charge on any atom is -0.506 e. The van der Waals surface area contributed by atoms with Gasteiger partial charge in [-0.05, 0) is 227 Å². The number of anilines is 4. The minimum absolute atomic E-state index is 0.0331. The molecule has 28 nitrogen and oxygen atoms in total. The fourth-order valence-electron chi connectivity index (χ4n) is 17.8. The van der Waals surface area contributed by atoms with Crippen molar-refractivity contribution in [3.8, 4) is 70.3 Å². The van der Waals surface area contributed by atoms with Crippen LogP contribution in [-0.4, -0.2) is 195 Å². The summed E-state index contributed by atoms with van der Waals surface area (Å²) in [6.45, 7) is 18.9. The summed E-state index contributed by atoms with van der Waals surface area (Å²) in [6, 6.07) is 47.1. The van der Waals surface area contributed by atoms with Crippen molar-refractivity contribution in [3.63, 3.8) is 0 Å². The smallest absolute Gasteiger partial charge is 0.415 e. The first kappa shape index (κ1) is 103. The van der Waals surface area contributed by atoms with E-state index in [1.807, 2.05) is 13.8 Å². The molecule has 4 atom stereocenters. The zero-order chi connectivity index (χ0) is 100. The van der Waals surface area contributed by atoms with Gasteiger partial charge in [0.15, 0.2) is 24.4 Å². The molecular weight excluding hydrogens is 1880 g/mol. The molecule has 4 saturated heterocycles. The Morgan fingerprint density at radius 2 is 0.669 bits per heavy atom. The van der Waals surface area contributed by atoms with E-state index in [1.54, 1.807) is 146 Å². The fraction of sp³-hybridized carbons (Fsp3) is 0.437. The van der Waals surface area contributed by atoms with Crippen molar-refractivity contribution in [1.82, 2.24) is 19.6 Å². The number of benzene rings is 8. The number of carbonyl (C=O) groups excluding carboxylic acids is 6. The molecule has 36 heteroatoms. The van der Waals surface area contributed by atoms with E-state index in [1.165, 1.54) is 77.6 Å². The van der Waals surface area contributed by atoms with Gasteiger partial charge in [-0.3, -0.25) is 29.0 Å². The molecular formula is C103H110Cl4F4N12O16. The molecule has 0 bridgehead atoms. The summed E-state index contributed by atoms with van der Waals surface area (Å²) in [6.07, 6.45) is 1.48. The molecule has 0 saturated carbocycles. The number of methoxy groups -OCH3 is 1. The van der Waals surface area contributed by atoms with Gasteiger partial charge in [-0.1, -0.05) is 94.9 Å². The largest absolute Gasteiger partial charge is 0.506 e. The number of amides is 6. The number of hydrogen-bond acceptors (Lipinski definition) is 22. The van der Waals surface area contributed by atoms with Gasteiger partial charge in [-0.2, -0.15) is 21.0 Å². The summed E-state index contributed by atoms with van der Waals surface area (Å²) in [5.41, 5.74) is 1.76. The van der Waals surface area contributed by atoms with Crippen LogP contribution in [0.5, 0.6) is 46.0 Å². The Morgan fingerprint density at radius 3 is 0.964 bits per heavy atom. The minimum atomic E-state index is -1.03. The highest BCUT2D eigenvalue weighted by atomic mass is 35.5. The first-order chi connectivity index (χ1) is 66.2. The molecule has 0 aromatic heterocycles. The van der Waals surface area contributed by atoms with E-state index in [0.29, 0.717) is 211 Å². The Kier molecular flexibility index (Phi) is 33.1. The monoisotopic (exact) mass is 1990 g/mol. The van der Waals surface area contributed by atoms with Gasteiger partial charge in [-0.15, -0.1) is 0 Å². The van der Waals surface area contributed by atoms with Crippen molar-refractivity contribution in [3.05, 3.63) is 211 Å². The number of hydrogen-bond donors (Lipinski definition) is 3. The van der Waals surface area contributed by atoms with Crippen LogP contribution in [0.1, 0.15) is 129 Å². The number of carbonyl (C=O) groups is 6. The van der Waals surface area contributed by atoms with Gasteiger partial charge in [0.2, 0.25) is 0 Å². The molecule has 3 N–H and O–H groups in total. The van der Waals surface area contributed by atoms with E-state index in [-0.39, 0.29) is 82.3 Å². The van der Waals surface area contributed by atoms with Crippen LogP contribution >= 0.6 is 46.4 Å². The molecule has 734 valence electrons. The third kappa shape index (κ3) is 25.8. The summed E-state index contributed by atoms with van der Waals surface area (Å²) in [5, 5.41) is 57.4. The summed E-state index contributed by atoms with van der Waals surface area (Å²) in [5.74, 6) is 0.535. The maximum atomic E-state index is 13.6. The van der Waals surface area contributed by atoms with Gasteiger partial charge in [0.1, 0.15) is 80.5 Å². The van der Waals surface area contributed by atoms with E-state index in [0.717, 1.165) is 33.6 Å². The van der Waals surface area contributed by atoms with Gasteiger partial charge in [-0.25, -0.2) is 27.2 Å². The van der Waals surface area contributed by atoms with Crippen LogP contribution in [0.25, 0.3) is 0 Å². The first-order valence-corrected chi connectivity index (χ1v) is 47.5. The van der Waals surface area contributed by atoms with Crippen LogP contribution < -0.4 is 53.6 Å². The summed E-state index contributed by atoms with van der Waals surface area (Å²) in [4.78, 5) is 88.9. The van der Waals surface area contributed by atoms with Crippen LogP contribution in [-0.2, 0) is 54.3 Å². The lowest BCUT2D eigenvalue weighted by Gasteiger charge is -2.41. The molecule has 6 amide bonds. The second-order valence-corrected chi connectivity index (χ2v) is 39.2. The molecule has 0 radical (unpaired) electrons. The van der Waals surface area contributed by atoms with E-state index in [4.69, 9.17) is 89.0 Å². The number of phenolic OH excluding ortho intramolecular Hbond substituents is 1. The van der Waals surface area contributed by atoms with Gasteiger partial charge in [0.25, 0.3) is 23.6 Å². The van der Waals surface area contributed by atoms with Crippen LogP contribution in [0.2, 0.25) is 20.1 Å². The normalized spacial score (nSPS) is 18.9. The SMILES string of the molecule is CC(C)(C)OC(=O)N1CC(C(=O)N2CCC(C#N)(Cc3ccc(F)cc3)CC2)Oc2cc(O)c(Cl)cc21.CCOc1cc2c(cc1Cl)N(C(=O)OC(C)(C)C)CC(C(=O)N1CCC(C#N)(Cc3ccc(F)cc3)CC1)O2.CCOc1cc2c(cc1Cl)NCC(C(=O)N1CCC(C#N)(Cc3ccc(F)cc3)CC1)O2.COc1cc2c(cc1Cl)NCC(C(=O)N1CCC(C#N)(Cc3ccc(F)cc3)CC1)O2. The Labute approximate surface area is 825 Å². The van der Waals surface area contributed by atoms with E-state index in [2.05, 4.69) is 34.9 Å². The highest BCUT2D eigenvalue weighted by Crippen LogP contribution is 2.48. The highest BCUT2D eigenvalue weighted by Gasteiger charge is 2.47. The lowest BCUT2D eigenvalue weighted by molar-refractivity contribution is -0.141. The van der Waals surface area contributed by atoms with E-state index in [9.17, 15) is 72.5 Å². The quantitative estimate of drug-likeness (QED) is 0.0713. The number of ether oxygens (including phenoxy) is 9. The molecule has 8 aliphatic heterocycles. The molecule has 0 aliphatic carbocycles. The van der Waals surface area contributed by atoms with Crippen molar-refractivity contribution in [1.29, 1.82) is 21.0 Å². The summed E-state index contributed by atoms with van der Waals surface area (Å²) >= 11 is 24.8. The Balaban J connectivity index is 0.000000157. The first-order valence-electron chi connectivity index (χ1n) is 45.9. The lowest BCUT2D eigenvalue weighted by atomic mass is 9.75. The zero-order valence-corrected chi connectivity index (χ0v) is 81.6. The topological polar surface area (TPSA) is 344 Å². The Hall–Kier alpha value is -13.0. The van der Waals surface area contributed by atoms with Crippen LogP contribution in [0.3, 0.4) is 0 Å². The van der Waals surface area contributed by atoms with Gasteiger partial charge in [0, 0.05) is 76.6 Å². The number of nitrogens with one attached hydrogen (secondary N) is 2. The third-order valence-electron chi connectivity index (χ3n) is 25.5. The van der Waals surface area contributed by atoms with E-state index >= 15 is 0 Å². The number of aromatic hydroxyl groups is 1. The predicted molar refractivity (Wildman–Crippen MR) is 514 cm³/mol. The number of fused-ring (bicyclic) bond motifs is 4. The third-order valence-corrected chi connectivity index (χ3v) is 26.7. The second kappa shape index (κ2) is 44.4. The van der Waals surface area contributed by atoms with Gasteiger partial charge in [0.05, 0.1) is 135 Å². The number of rotatable bonds is 17. The number of nitrogens with zero attached hydrogens (tertiary/aromatic N) is 10. The lowest BCUT2D eigenvalue weighted by Crippen LogP contribution is -2.54. The number of likely N-dealkylation sites (tertiary alicyclic amines) is 4. The molecule has 8 heterocycles. The standard InChI is InChI=1S/C29H33ClFN3O5.C27H29ClFN3O5.C24H25ClFN3O3.C23H23ClFN3O3/c1-5-37-23-15-24-22(14-21(23)30)34(27(36)39-28(2,3)4)17-25(38-24)26(35)33-12-10-29(18-32,11-13-33)16-19-6-8-20(31)9-7-19;1-26(2,3)37-25(35)32-15-23(36-22-13-21(33)19(28)12-20(22)32)24(34)31-10-8-27(16-30,9-11-31)14-17-4-6-18(29)7-5-17;1-2-31-20-12-21-19(11-18(20)25)28-14-22(32-21)23(30)29-9-7-24(15-27,8-10-29)13-16-3-5-17(26)6-4-16;1-30-19-11-20-18(10-17(19)24)27-13-21(31-20)22(29)28-8-6-23(14-26,7-9-28)12-15-2-4-16(25)5-3-15/h6-9,14-15,25H,5,10-13,16-17H2,1-4H3;4-7,12-13,23,33H,8-11,14-15H2,1-3H3;3-6,11-12,22,28H,2,7-10,13-14H2,1H3;2-5,10-11,21,27H,6-9,12-13H2,1H3. The van der Waals surface area contributed by atoms with Crippen molar-refractivity contribution >= 4 is 105 Å². The van der Waals surface area contributed by atoms with Crippen LogP contribution in [0.15, 0.2) is 146 Å². The summed E-state index contributed by atoms with van der Waals surface area (Å²) in [7, 11) is 1.52. The number of halogens is 8. The Bertz CT molecular complexity index is 5980. The molecule has 16 rings (SSSR count). The van der Waals surface area contributed by atoms with E-state index < -0.39 is 69.5 Å². The van der Waals surface area contributed by atoms with Crippen molar-refractivity contribution in [2.75, 3.05) is 119 Å². The maximum absolute atomic E-state index is 13.6. The molecule has 8 aromatic carbocycles. The maximum Gasteiger partial charge on any atom is 0.415 e. The Morgan fingerprint density at radius 1 is 0.403 bits per heavy atom. The predicted octanol–water partition coefficient (Wildman–Crippen LogP) is 19.3. The second-order valence-electron chi connectivity index (χ2n) is 37.6. The molecule has 139 heavy (non-hydrogen) atoms. The van der Waals surface area contributed by atoms with Crippen molar-refractivity contribution in [2.45, 2.75) is 168 Å². The van der Waals surface area contributed by atoms with Gasteiger partial charge >= 0.3 is 12.2 Å². The van der Waals surface area contributed by atoms with Crippen LogP contribution in [0, 0.1) is 90.3 Å². The van der Waals surface area contributed by atoms with Crippen molar-refractivity contribution in [2.24, 2.45) is 21.7 Å². The average molecular weight is 1990 g/mol. The number of phenols is 1. The zero-order valence-electron chi connectivity index (χ0n) is 78.6. The average Bonchev–Trinajstić information content (AvgIpc) is 0.769. The molecule has 4 fully saturated rings. The van der Waals surface area contributed by atoms with Crippen LogP contribution in [0.4, 0.5) is 49.9 Å². The molecule has 0 spiro atoms. The number of nitriles is 4. The molecule has 8 aromatic rings. The number of piperidine rings is 4. The fourth-order valence-corrected chi connectivity index (χ4v) is 18.7. The van der Waals surface area contributed by atoms with Crippen molar-refractivity contribution < 1.29 is 94.1 Å². The molecule has 4 unspecified atom stereocenters. The summed E-state index contributed by atoms with van der Waals surface area (Å²) < 4.78 is 104.